The molecule has 1 aromatic carbocycles. The fourth-order valence-corrected chi connectivity index (χ4v) is 3.78. The monoisotopic (exact) mass is 421 g/mol. The van der Waals surface area contributed by atoms with Crippen molar-refractivity contribution in [2.24, 2.45) is 5.92 Å². The van der Waals surface area contributed by atoms with Crippen LogP contribution >= 0.6 is 11.6 Å². The van der Waals surface area contributed by atoms with E-state index in [1.807, 2.05) is 0 Å². The van der Waals surface area contributed by atoms with Crippen LogP contribution in [0.2, 0.25) is 5.02 Å². The van der Waals surface area contributed by atoms with E-state index in [9.17, 15) is 9.59 Å². The van der Waals surface area contributed by atoms with Crippen LogP contribution in [0.1, 0.15) is 37.0 Å². The van der Waals surface area contributed by atoms with E-state index in [0.717, 1.165) is 39.0 Å². The summed E-state index contributed by atoms with van der Waals surface area (Å²) < 4.78 is 0. The van der Waals surface area contributed by atoms with Crippen molar-refractivity contribution in [2.75, 3.05) is 45.1 Å². The van der Waals surface area contributed by atoms with Gasteiger partial charge in [0.2, 0.25) is 0 Å². The molecule has 0 radical (unpaired) electrons. The molecule has 3 N–H and O–H groups in total. The third-order valence-corrected chi connectivity index (χ3v) is 5.96. The Hall–Kier alpha value is -1.83. The van der Waals surface area contributed by atoms with E-state index < -0.39 is 0 Å². The number of rotatable bonds is 7. The summed E-state index contributed by atoms with van der Waals surface area (Å²) in [4.78, 5) is 29.5. The van der Waals surface area contributed by atoms with Crippen LogP contribution in [-0.2, 0) is 0 Å². The first-order chi connectivity index (χ1) is 13.8. The van der Waals surface area contributed by atoms with E-state index in [4.69, 9.17) is 11.6 Å². The van der Waals surface area contributed by atoms with Gasteiger partial charge < -0.3 is 20.9 Å². The minimum atomic E-state index is -0.277. The highest BCUT2D eigenvalue weighted by Crippen LogP contribution is 2.24. The fraction of sp³-hybridized carbons (Fsp3) is 0.619. The molecule has 0 bridgehead atoms. The summed E-state index contributed by atoms with van der Waals surface area (Å²) in [5, 5.41) is 9.11. The Morgan fingerprint density at radius 1 is 1.17 bits per heavy atom. The number of anilines is 1. The second-order valence-electron chi connectivity index (χ2n) is 8.43. The van der Waals surface area contributed by atoms with Crippen molar-refractivity contribution in [3.05, 3.63) is 28.8 Å². The zero-order chi connectivity index (χ0) is 21.0. The quantitative estimate of drug-likeness (QED) is 0.632. The van der Waals surface area contributed by atoms with Crippen LogP contribution in [0, 0.1) is 5.92 Å². The lowest BCUT2D eigenvalue weighted by molar-refractivity contribution is 0.0890. The number of halogens is 1. The van der Waals surface area contributed by atoms with Crippen molar-refractivity contribution in [3.8, 4) is 0 Å². The second kappa shape index (κ2) is 9.78. The molecule has 0 aromatic heterocycles. The van der Waals surface area contributed by atoms with E-state index in [-0.39, 0.29) is 18.0 Å². The first-order valence-electron chi connectivity index (χ1n) is 10.4. The topological polar surface area (TPSA) is 76.7 Å². The minimum absolute atomic E-state index is 0.198. The summed E-state index contributed by atoms with van der Waals surface area (Å²) in [7, 11) is 2.14. The van der Waals surface area contributed by atoms with Crippen LogP contribution in [0.5, 0.6) is 0 Å². The summed E-state index contributed by atoms with van der Waals surface area (Å²) in [5.41, 5.74) is 0.933. The second-order valence-corrected chi connectivity index (χ2v) is 8.84. The van der Waals surface area contributed by atoms with Gasteiger partial charge in [0.05, 0.1) is 10.6 Å². The molecule has 2 aliphatic rings. The molecular weight excluding hydrogens is 390 g/mol. The molecular formula is C21H32ClN5O2. The molecule has 1 unspecified atom stereocenters. The van der Waals surface area contributed by atoms with E-state index in [0.29, 0.717) is 34.8 Å². The molecule has 1 atom stereocenters. The number of hydrogen-bond acceptors (Lipinski definition) is 4. The van der Waals surface area contributed by atoms with Crippen LogP contribution in [-0.4, -0.2) is 73.6 Å². The zero-order valence-corrected chi connectivity index (χ0v) is 18.3. The maximum atomic E-state index is 12.4. The summed E-state index contributed by atoms with van der Waals surface area (Å²) >= 11 is 6.17. The van der Waals surface area contributed by atoms with E-state index in [1.165, 1.54) is 0 Å². The van der Waals surface area contributed by atoms with Gasteiger partial charge in [-0.05, 0) is 44.0 Å². The van der Waals surface area contributed by atoms with Crippen LogP contribution in [0.25, 0.3) is 0 Å². The Morgan fingerprint density at radius 3 is 2.48 bits per heavy atom. The van der Waals surface area contributed by atoms with Gasteiger partial charge in [-0.25, -0.2) is 4.79 Å². The predicted molar refractivity (Wildman–Crippen MR) is 117 cm³/mol. The van der Waals surface area contributed by atoms with E-state index in [1.54, 1.807) is 18.2 Å². The summed E-state index contributed by atoms with van der Waals surface area (Å²) in [6, 6.07) is 5.23. The van der Waals surface area contributed by atoms with Gasteiger partial charge in [0.25, 0.3) is 5.91 Å². The summed E-state index contributed by atoms with van der Waals surface area (Å²) in [6.45, 7) is 9.07. The standard InChI is InChI=1S/C21H32ClN5O2/c1-14(2)19(27-10-8-26(3)9-11-27)13-23-21(29)25-16-6-7-18(22)17(12-16)20(28)24-15-4-5-15/h6-7,12,14-15,19H,4-5,8-11,13H2,1-3H3,(H,24,28)(H2,23,25,29). The van der Waals surface area contributed by atoms with Gasteiger partial charge >= 0.3 is 6.03 Å². The number of carbonyl (C=O) groups excluding carboxylic acids is 2. The maximum Gasteiger partial charge on any atom is 0.319 e. The number of benzene rings is 1. The Labute approximate surface area is 178 Å². The predicted octanol–water partition coefficient (Wildman–Crippen LogP) is 2.63. The number of carbonyl (C=O) groups is 2. The normalized spacial score (nSPS) is 19.1. The lowest BCUT2D eigenvalue weighted by atomic mass is 10.0. The largest absolute Gasteiger partial charge is 0.349 e. The lowest BCUT2D eigenvalue weighted by Gasteiger charge is -2.39. The highest BCUT2D eigenvalue weighted by Gasteiger charge is 2.26. The molecule has 1 aromatic rings. The number of hydrogen-bond donors (Lipinski definition) is 3. The molecule has 0 spiro atoms. The van der Waals surface area contributed by atoms with Gasteiger partial charge in [-0.3, -0.25) is 9.69 Å². The Kier molecular flexibility index (Phi) is 7.38. The van der Waals surface area contributed by atoms with Crippen LogP contribution in [0.15, 0.2) is 18.2 Å². The first-order valence-corrected chi connectivity index (χ1v) is 10.8. The summed E-state index contributed by atoms with van der Waals surface area (Å²) in [6.07, 6.45) is 2.02. The van der Waals surface area contributed by atoms with Crippen molar-refractivity contribution in [1.29, 1.82) is 0 Å². The molecule has 1 aliphatic heterocycles. The fourth-order valence-electron chi connectivity index (χ4n) is 3.58. The highest BCUT2D eigenvalue weighted by molar-refractivity contribution is 6.34. The molecule has 1 aliphatic carbocycles. The number of urea groups is 1. The Morgan fingerprint density at radius 2 is 1.86 bits per heavy atom. The van der Waals surface area contributed by atoms with Gasteiger partial charge in [0.15, 0.2) is 0 Å². The highest BCUT2D eigenvalue weighted by atomic mass is 35.5. The van der Waals surface area contributed by atoms with Crippen molar-refractivity contribution in [3.63, 3.8) is 0 Å². The van der Waals surface area contributed by atoms with Gasteiger partial charge in [0, 0.05) is 50.5 Å². The molecule has 29 heavy (non-hydrogen) atoms. The average Bonchev–Trinajstić information content (AvgIpc) is 3.48. The molecule has 1 saturated carbocycles. The van der Waals surface area contributed by atoms with Gasteiger partial charge in [-0.1, -0.05) is 25.4 Å². The number of amides is 3. The molecule has 3 amide bonds. The van der Waals surface area contributed by atoms with E-state index in [2.05, 4.69) is 46.6 Å². The van der Waals surface area contributed by atoms with Crippen molar-refractivity contribution in [1.82, 2.24) is 20.4 Å². The molecule has 2 fully saturated rings. The van der Waals surface area contributed by atoms with Gasteiger partial charge in [-0.2, -0.15) is 0 Å². The lowest BCUT2D eigenvalue weighted by Crippen LogP contribution is -2.54. The SMILES string of the molecule is CC(C)C(CNC(=O)Nc1ccc(Cl)c(C(=O)NC2CC2)c1)N1CCN(C)CC1. The third kappa shape index (κ3) is 6.32. The smallest absolute Gasteiger partial charge is 0.319 e. The third-order valence-electron chi connectivity index (χ3n) is 5.63. The number of likely N-dealkylation sites (N-methyl/N-ethyl adjacent to an activating group) is 1. The number of nitrogens with zero attached hydrogens (tertiary/aromatic N) is 2. The van der Waals surface area contributed by atoms with Crippen LogP contribution in [0.3, 0.4) is 0 Å². The van der Waals surface area contributed by atoms with Gasteiger partial charge in [0.1, 0.15) is 0 Å². The molecule has 1 saturated heterocycles. The maximum absolute atomic E-state index is 12.4. The Bertz CT molecular complexity index is 730. The molecule has 7 nitrogen and oxygen atoms in total. The molecule has 160 valence electrons. The first kappa shape index (κ1) is 21.9. The summed E-state index contributed by atoms with van der Waals surface area (Å²) in [5.74, 6) is 0.239. The minimum Gasteiger partial charge on any atom is -0.349 e. The van der Waals surface area contributed by atoms with Crippen molar-refractivity contribution >= 4 is 29.2 Å². The van der Waals surface area contributed by atoms with Crippen LogP contribution in [0.4, 0.5) is 10.5 Å². The van der Waals surface area contributed by atoms with Crippen LogP contribution < -0.4 is 16.0 Å². The number of nitrogens with one attached hydrogen (secondary N) is 3. The zero-order valence-electron chi connectivity index (χ0n) is 17.5. The molecule has 8 heteroatoms. The van der Waals surface area contributed by atoms with Crippen molar-refractivity contribution in [2.45, 2.75) is 38.8 Å². The average molecular weight is 422 g/mol. The molecule has 1 heterocycles. The molecule has 3 rings (SSSR count). The van der Waals surface area contributed by atoms with E-state index >= 15 is 0 Å². The van der Waals surface area contributed by atoms with Crippen molar-refractivity contribution < 1.29 is 9.59 Å². The van der Waals surface area contributed by atoms with Gasteiger partial charge in [-0.15, -0.1) is 0 Å². The number of piperazine rings is 1. The Balaban J connectivity index is 1.54.